The molecular formula is C15H18ClN3O2. The number of nitrogens with two attached hydrogens (primary N) is 1. The Morgan fingerprint density at radius 2 is 2.05 bits per heavy atom. The number of rotatable bonds is 3. The predicted molar refractivity (Wildman–Crippen MR) is 81.2 cm³/mol. The highest BCUT2D eigenvalue weighted by molar-refractivity contribution is 6.34. The first-order chi connectivity index (χ1) is 10.0. The van der Waals surface area contributed by atoms with Crippen molar-refractivity contribution in [3.63, 3.8) is 0 Å². The van der Waals surface area contributed by atoms with Crippen LogP contribution in [0.15, 0.2) is 18.2 Å². The van der Waals surface area contributed by atoms with E-state index in [9.17, 15) is 9.59 Å². The van der Waals surface area contributed by atoms with Gasteiger partial charge in [0.1, 0.15) is 0 Å². The third kappa shape index (κ3) is 2.76. The van der Waals surface area contributed by atoms with Crippen LogP contribution in [0.25, 0.3) is 0 Å². The summed E-state index contributed by atoms with van der Waals surface area (Å²) in [5.74, 6) is -0.501. The smallest absolute Gasteiger partial charge is 0.250 e. The van der Waals surface area contributed by atoms with Gasteiger partial charge in [0.25, 0.3) is 0 Å². The Balaban J connectivity index is 1.68. The maximum atomic E-state index is 12.3. The first-order valence-electron chi connectivity index (χ1n) is 7.13. The SMILES string of the molecule is NC(=O)c1cc(NC(=O)C2CC23CCNCC3)ccc1Cl. The Kier molecular flexibility index (Phi) is 3.63. The van der Waals surface area contributed by atoms with E-state index in [2.05, 4.69) is 10.6 Å². The molecule has 1 spiro atoms. The van der Waals surface area contributed by atoms with Gasteiger partial charge < -0.3 is 16.4 Å². The van der Waals surface area contributed by atoms with E-state index in [1.165, 1.54) is 6.07 Å². The molecule has 0 aromatic heterocycles. The second-order valence-corrected chi connectivity index (χ2v) is 6.32. The standard InChI is InChI=1S/C15H18ClN3O2/c16-12-2-1-9(7-10(12)13(17)20)19-14(21)11-8-15(11)3-5-18-6-4-15/h1-2,7,11,18H,3-6,8H2,(H2,17,20)(H,19,21). The van der Waals surface area contributed by atoms with Crippen molar-refractivity contribution in [2.24, 2.45) is 17.1 Å². The Labute approximate surface area is 128 Å². The van der Waals surface area contributed by atoms with Crippen LogP contribution in [0.5, 0.6) is 0 Å². The molecule has 1 aromatic rings. The van der Waals surface area contributed by atoms with Gasteiger partial charge in [0.15, 0.2) is 0 Å². The van der Waals surface area contributed by atoms with Crippen LogP contribution in [0.3, 0.4) is 0 Å². The number of halogens is 1. The highest BCUT2D eigenvalue weighted by Gasteiger charge is 2.57. The zero-order chi connectivity index (χ0) is 15.0. The molecule has 1 atom stereocenters. The molecule has 1 saturated carbocycles. The maximum absolute atomic E-state index is 12.3. The number of carbonyl (C=O) groups excluding carboxylic acids is 2. The van der Waals surface area contributed by atoms with Gasteiger partial charge in [-0.2, -0.15) is 0 Å². The van der Waals surface area contributed by atoms with E-state index in [1.54, 1.807) is 12.1 Å². The largest absolute Gasteiger partial charge is 0.366 e. The highest BCUT2D eigenvalue weighted by Crippen LogP contribution is 2.58. The summed E-state index contributed by atoms with van der Waals surface area (Å²) in [7, 11) is 0. The molecule has 1 heterocycles. The number of anilines is 1. The first kappa shape index (κ1) is 14.4. The average Bonchev–Trinajstić information content (AvgIpc) is 3.15. The summed E-state index contributed by atoms with van der Waals surface area (Å²) >= 11 is 5.90. The highest BCUT2D eigenvalue weighted by atomic mass is 35.5. The van der Waals surface area contributed by atoms with Crippen molar-refractivity contribution in [1.82, 2.24) is 5.32 Å². The van der Waals surface area contributed by atoms with E-state index in [1.807, 2.05) is 0 Å². The second-order valence-electron chi connectivity index (χ2n) is 5.92. The summed E-state index contributed by atoms with van der Waals surface area (Å²) in [6, 6.07) is 4.79. The van der Waals surface area contributed by atoms with Crippen LogP contribution in [0, 0.1) is 11.3 Å². The molecule has 4 N–H and O–H groups in total. The quantitative estimate of drug-likeness (QED) is 0.795. The van der Waals surface area contributed by atoms with Crippen molar-refractivity contribution >= 4 is 29.1 Å². The number of nitrogens with one attached hydrogen (secondary N) is 2. The Hall–Kier alpha value is -1.59. The molecule has 1 aliphatic heterocycles. The molecule has 1 aliphatic carbocycles. The fourth-order valence-electron chi connectivity index (χ4n) is 3.22. The molecule has 5 nitrogen and oxygen atoms in total. The summed E-state index contributed by atoms with van der Waals surface area (Å²) in [6.07, 6.45) is 3.06. The predicted octanol–water partition coefficient (Wildman–Crippen LogP) is 1.77. The normalized spacial score (nSPS) is 22.8. The molecular weight excluding hydrogens is 290 g/mol. The molecule has 3 rings (SSSR count). The fourth-order valence-corrected chi connectivity index (χ4v) is 3.43. The third-order valence-electron chi connectivity index (χ3n) is 4.60. The van der Waals surface area contributed by atoms with Gasteiger partial charge in [-0.05, 0) is 56.0 Å². The number of hydrogen-bond donors (Lipinski definition) is 3. The molecule has 2 fully saturated rings. The number of carbonyl (C=O) groups is 2. The van der Waals surface area contributed by atoms with E-state index in [-0.39, 0.29) is 22.8 Å². The Morgan fingerprint density at radius 1 is 1.33 bits per heavy atom. The summed E-state index contributed by atoms with van der Waals surface area (Å²) in [5, 5.41) is 6.48. The molecule has 0 bridgehead atoms. The van der Waals surface area contributed by atoms with Crippen molar-refractivity contribution in [2.45, 2.75) is 19.3 Å². The van der Waals surface area contributed by atoms with E-state index in [0.29, 0.717) is 10.7 Å². The minimum atomic E-state index is -0.600. The van der Waals surface area contributed by atoms with Gasteiger partial charge in [0.05, 0.1) is 10.6 Å². The average molecular weight is 308 g/mol. The molecule has 1 unspecified atom stereocenters. The molecule has 1 saturated heterocycles. The van der Waals surface area contributed by atoms with E-state index >= 15 is 0 Å². The van der Waals surface area contributed by atoms with Gasteiger partial charge in [-0.1, -0.05) is 11.6 Å². The first-order valence-corrected chi connectivity index (χ1v) is 7.51. The molecule has 2 aliphatic rings. The Bertz CT molecular complexity index is 597. The van der Waals surface area contributed by atoms with E-state index < -0.39 is 5.91 Å². The van der Waals surface area contributed by atoms with Crippen LogP contribution >= 0.6 is 11.6 Å². The van der Waals surface area contributed by atoms with Crippen molar-refractivity contribution in [2.75, 3.05) is 18.4 Å². The van der Waals surface area contributed by atoms with Gasteiger partial charge in [0.2, 0.25) is 11.8 Å². The van der Waals surface area contributed by atoms with Crippen LogP contribution in [0.1, 0.15) is 29.6 Å². The zero-order valence-electron chi connectivity index (χ0n) is 11.6. The second kappa shape index (κ2) is 5.31. The van der Waals surface area contributed by atoms with Crippen LogP contribution in [0.4, 0.5) is 5.69 Å². The lowest BCUT2D eigenvalue weighted by molar-refractivity contribution is -0.118. The van der Waals surface area contributed by atoms with Crippen molar-refractivity contribution in [3.05, 3.63) is 28.8 Å². The molecule has 2 amide bonds. The molecule has 0 radical (unpaired) electrons. The molecule has 112 valence electrons. The third-order valence-corrected chi connectivity index (χ3v) is 4.93. The lowest BCUT2D eigenvalue weighted by Gasteiger charge is -2.23. The van der Waals surface area contributed by atoms with Gasteiger partial charge in [-0.15, -0.1) is 0 Å². The van der Waals surface area contributed by atoms with Crippen molar-refractivity contribution < 1.29 is 9.59 Å². The van der Waals surface area contributed by atoms with E-state index in [0.717, 1.165) is 32.4 Å². The van der Waals surface area contributed by atoms with Gasteiger partial charge in [0, 0.05) is 11.6 Å². The fraction of sp³-hybridized carbons (Fsp3) is 0.467. The lowest BCUT2D eigenvalue weighted by Crippen LogP contribution is -2.31. The maximum Gasteiger partial charge on any atom is 0.250 e. The minimum Gasteiger partial charge on any atom is -0.366 e. The summed E-state index contributed by atoms with van der Waals surface area (Å²) in [6.45, 7) is 1.97. The number of primary amides is 1. The molecule has 6 heteroatoms. The van der Waals surface area contributed by atoms with Crippen LogP contribution in [-0.2, 0) is 4.79 Å². The number of amides is 2. The minimum absolute atomic E-state index is 0.0228. The van der Waals surface area contributed by atoms with Gasteiger partial charge in [-0.3, -0.25) is 9.59 Å². The summed E-state index contributed by atoms with van der Waals surface area (Å²) < 4.78 is 0. The summed E-state index contributed by atoms with van der Waals surface area (Å²) in [4.78, 5) is 23.6. The van der Waals surface area contributed by atoms with Crippen LogP contribution in [-0.4, -0.2) is 24.9 Å². The summed E-state index contributed by atoms with van der Waals surface area (Å²) in [5.41, 5.74) is 6.23. The number of benzene rings is 1. The van der Waals surface area contributed by atoms with Crippen molar-refractivity contribution in [1.29, 1.82) is 0 Å². The Morgan fingerprint density at radius 3 is 2.71 bits per heavy atom. The van der Waals surface area contributed by atoms with E-state index in [4.69, 9.17) is 17.3 Å². The topological polar surface area (TPSA) is 84.2 Å². The lowest BCUT2D eigenvalue weighted by atomic mass is 9.92. The molecule has 1 aromatic carbocycles. The zero-order valence-corrected chi connectivity index (χ0v) is 12.4. The van der Waals surface area contributed by atoms with Crippen LogP contribution in [0.2, 0.25) is 5.02 Å². The van der Waals surface area contributed by atoms with Crippen molar-refractivity contribution in [3.8, 4) is 0 Å². The molecule has 21 heavy (non-hydrogen) atoms. The number of hydrogen-bond acceptors (Lipinski definition) is 3. The number of piperidine rings is 1. The van der Waals surface area contributed by atoms with Crippen LogP contribution < -0.4 is 16.4 Å². The van der Waals surface area contributed by atoms with Gasteiger partial charge >= 0.3 is 0 Å². The van der Waals surface area contributed by atoms with Gasteiger partial charge in [-0.25, -0.2) is 0 Å². The monoisotopic (exact) mass is 307 g/mol.